The van der Waals surface area contributed by atoms with Gasteiger partial charge in [0.25, 0.3) is 0 Å². The zero-order valence-electron chi connectivity index (χ0n) is 25.9. The number of para-hydroxylation sites is 2. The Kier molecular flexibility index (Phi) is 5.97. The van der Waals surface area contributed by atoms with Crippen LogP contribution in [0.1, 0.15) is 2.74 Å². The number of anilines is 3. The number of furan rings is 1. The number of nitrogens with zero attached hydrogens (tertiary/aromatic N) is 1. The molecule has 8 aromatic rings. The molecule has 0 atom stereocenters. The highest BCUT2D eigenvalue weighted by Crippen LogP contribution is 2.43. The van der Waals surface area contributed by atoms with Crippen molar-refractivity contribution in [2.75, 3.05) is 4.90 Å². The summed E-state index contributed by atoms with van der Waals surface area (Å²) in [5.41, 5.74) is 10.7. The van der Waals surface area contributed by atoms with Crippen LogP contribution in [0, 0.1) is 0 Å². The molecule has 0 bridgehead atoms. The molecule has 7 aromatic carbocycles. The van der Waals surface area contributed by atoms with Gasteiger partial charge in [-0.05, 0) is 70.2 Å². The van der Waals surface area contributed by atoms with Crippen molar-refractivity contribution in [1.82, 2.24) is 0 Å². The van der Waals surface area contributed by atoms with E-state index in [4.69, 9.17) is 7.16 Å². The summed E-state index contributed by atoms with van der Waals surface area (Å²) >= 11 is 0. The quantitative estimate of drug-likeness (QED) is 0.199. The van der Waals surface area contributed by atoms with Gasteiger partial charge in [0.15, 0.2) is 0 Å². The number of hydrogen-bond donors (Lipinski definition) is 0. The highest BCUT2D eigenvalue weighted by Gasteiger charge is 2.19. The molecular formula is C42H29NO. The van der Waals surface area contributed by atoms with Gasteiger partial charge in [-0.2, -0.15) is 0 Å². The summed E-state index contributed by atoms with van der Waals surface area (Å²) in [7, 11) is 0. The monoisotopic (exact) mass is 565 g/mol. The van der Waals surface area contributed by atoms with Crippen LogP contribution in [0.3, 0.4) is 0 Å². The number of benzene rings is 7. The lowest BCUT2D eigenvalue weighted by atomic mass is 9.99. The van der Waals surface area contributed by atoms with Crippen LogP contribution in [0.5, 0.6) is 0 Å². The van der Waals surface area contributed by atoms with Crippen molar-refractivity contribution in [2.45, 2.75) is 0 Å². The van der Waals surface area contributed by atoms with Crippen LogP contribution in [0.15, 0.2) is 180 Å². The molecule has 0 spiro atoms. The molecule has 0 fully saturated rings. The Morgan fingerprint density at radius 2 is 0.955 bits per heavy atom. The van der Waals surface area contributed by atoms with Crippen LogP contribution in [0.4, 0.5) is 17.1 Å². The summed E-state index contributed by atoms with van der Waals surface area (Å²) in [5.74, 6) is 0. The second-order valence-electron chi connectivity index (χ2n) is 10.8. The molecule has 0 saturated heterocycles. The molecule has 1 heterocycles. The number of fused-ring (bicyclic) bond motifs is 3. The normalized spacial score (nSPS) is 11.8. The van der Waals surface area contributed by atoms with Gasteiger partial charge in [-0.1, -0.05) is 133 Å². The first-order chi connectivity index (χ1) is 22.6. The Labute approximate surface area is 259 Å². The summed E-state index contributed by atoms with van der Waals surface area (Å²) in [4.78, 5) is 2.21. The molecule has 0 N–H and O–H groups in total. The first-order valence-electron chi connectivity index (χ1n) is 15.8. The SMILES string of the molecule is [2H]c1cccc2c1oc1c([2H])cc(N(c3ccc(-c4ccc(-c5ccccc5)cc4)cc3)c3ccccc3-c3ccccc3)cc12. The molecule has 0 aliphatic rings. The van der Waals surface area contributed by atoms with Gasteiger partial charge in [-0.25, -0.2) is 0 Å². The predicted octanol–water partition coefficient (Wildman–Crippen LogP) is 12.1. The maximum atomic E-state index is 8.99. The molecule has 0 radical (unpaired) electrons. The van der Waals surface area contributed by atoms with E-state index in [0.29, 0.717) is 17.2 Å². The number of rotatable bonds is 6. The van der Waals surface area contributed by atoms with Gasteiger partial charge in [-0.3, -0.25) is 0 Å². The Morgan fingerprint density at radius 3 is 1.66 bits per heavy atom. The van der Waals surface area contributed by atoms with Crippen molar-refractivity contribution >= 4 is 39.0 Å². The van der Waals surface area contributed by atoms with Crippen LogP contribution in [0.25, 0.3) is 55.3 Å². The zero-order chi connectivity index (χ0) is 31.0. The molecule has 2 nitrogen and oxygen atoms in total. The van der Waals surface area contributed by atoms with E-state index in [1.54, 1.807) is 6.07 Å². The van der Waals surface area contributed by atoms with Gasteiger partial charge < -0.3 is 9.32 Å². The van der Waals surface area contributed by atoms with E-state index >= 15 is 0 Å². The summed E-state index contributed by atoms with van der Waals surface area (Å²) in [6.45, 7) is 0. The molecule has 0 amide bonds. The minimum atomic E-state index is 0.278. The molecule has 2 heteroatoms. The highest BCUT2D eigenvalue weighted by molar-refractivity contribution is 6.06. The van der Waals surface area contributed by atoms with Crippen LogP contribution in [-0.2, 0) is 0 Å². The van der Waals surface area contributed by atoms with Crippen molar-refractivity contribution in [3.8, 4) is 33.4 Å². The second-order valence-corrected chi connectivity index (χ2v) is 10.8. The van der Waals surface area contributed by atoms with Crippen molar-refractivity contribution in [3.63, 3.8) is 0 Å². The van der Waals surface area contributed by atoms with Crippen LogP contribution in [0.2, 0.25) is 0 Å². The topological polar surface area (TPSA) is 16.4 Å². The van der Waals surface area contributed by atoms with Crippen molar-refractivity contribution in [1.29, 1.82) is 0 Å². The van der Waals surface area contributed by atoms with E-state index in [1.165, 1.54) is 11.1 Å². The molecular weight excluding hydrogens is 534 g/mol. The Balaban J connectivity index is 1.27. The van der Waals surface area contributed by atoms with Gasteiger partial charge >= 0.3 is 0 Å². The van der Waals surface area contributed by atoms with E-state index < -0.39 is 0 Å². The maximum Gasteiger partial charge on any atom is 0.135 e. The van der Waals surface area contributed by atoms with E-state index in [-0.39, 0.29) is 6.04 Å². The van der Waals surface area contributed by atoms with Gasteiger partial charge in [-0.15, -0.1) is 0 Å². The number of hydrogen-bond acceptors (Lipinski definition) is 2. The van der Waals surface area contributed by atoms with Gasteiger partial charge in [0.05, 0.1) is 8.43 Å². The maximum absolute atomic E-state index is 8.99. The first kappa shape index (κ1) is 23.7. The third-order valence-electron chi connectivity index (χ3n) is 8.14. The lowest BCUT2D eigenvalue weighted by molar-refractivity contribution is 0.669. The Bertz CT molecular complexity index is 2310. The van der Waals surface area contributed by atoms with E-state index in [2.05, 4.69) is 132 Å². The van der Waals surface area contributed by atoms with Crippen molar-refractivity contribution in [2.24, 2.45) is 0 Å². The zero-order valence-corrected chi connectivity index (χ0v) is 23.9. The van der Waals surface area contributed by atoms with E-state index in [9.17, 15) is 0 Å². The lowest BCUT2D eigenvalue weighted by Crippen LogP contribution is -2.11. The van der Waals surface area contributed by atoms with Gasteiger partial charge in [0, 0.05) is 27.7 Å². The molecule has 44 heavy (non-hydrogen) atoms. The standard InChI is InChI=1S/C42H29NO/c1-3-11-30(12-4-1)31-19-21-32(22-20-31)33-23-25-35(26-24-33)43(40-17-9-7-15-37(40)34-13-5-2-6-14-34)36-27-28-42-39(29-36)38-16-8-10-18-41(38)44-42/h1-29H/i18D,28D. The first-order valence-corrected chi connectivity index (χ1v) is 14.8. The van der Waals surface area contributed by atoms with Crippen LogP contribution < -0.4 is 4.90 Å². The van der Waals surface area contributed by atoms with Crippen LogP contribution >= 0.6 is 0 Å². The smallest absolute Gasteiger partial charge is 0.135 e. The third-order valence-corrected chi connectivity index (χ3v) is 8.14. The lowest BCUT2D eigenvalue weighted by Gasteiger charge is -2.28. The highest BCUT2D eigenvalue weighted by atomic mass is 16.3. The minimum absolute atomic E-state index is 0.278. The molecule has 0 aliphatic carbocycles. The Morgan fingerprint density at radius 1 is 0.409 bits per heavy atom. The predicted molar refractivity (Wildman–Crippen MR) is 185 cm³/mol. The van der Waals surface area contributed by atoms with Gasteiger partial charge in [0.1, 0.15) is 11.2 Å². The molecule has 208 valence electrons. The summed E-state index contributed by atoms with van der Waals surface area (Å²) in [5, 5.41) is 1.66. The van der Waals surface area contributed by atoms with Crippen molar-refractivity contribution < 1.29 is 7.16 Å². The summed E-state index contributed by atoms with van der Waals surface area (Å²) in [6.07, 6.45) is 0. The van der Waals surface area contributed by atoms with Crippen molar-refractivity contribution in [3.05, 3.63) is 176 Å². The molecule has 0 aliphatic heterocycles. The molecule has 8 rings (SSSR count). The summed E-state index contributed by atoms with van der Waals surface area (Å²) < 4.78 is 23.4. The fourth-order valence-corrected chi connectivity index (χ4v) is 5.95. The largest absolute Gasteiger partial charge is 0.456 e. The van der Waals surface area contributed by atoms with Crippen LogP contribution in [-0.4, -0.2) is 0 Å². The minimum Gasteiger partial charge on any atom is -0.456 e. The van der Waals surface area contributed by atoms with Gasteiger partial charge in [0.2, 0.25) is 0 Å². The third kappa shape index (κ3) is 4.73. The average Bonchev–Trinajstić information content (AvgIpc) is 3.50. The molecule has 0 unspecified atom stereocenters. The summed E-state index contributed by atoms with van der Waals surface area (Å²) in [6, 6.07) is 56.5. The molecule has 0 saturated carbocycles. The fraction of sp³-hybridized carbons (Fsp3) is 0. The van der Waals surface area contributed by atoms with E-state index in [1.807, 2.05) is 30.3 Å². The van der Waals surface area contributed by atoms with E-state index in [0.717, 1.165) is 50.1 Å². The average molecular weight is 566 g/mol. The molecule has 1 aromatic heterocycles. The Hall–Kier alpha value is -5.86. The fourth-order valence-electron chi connectivity index (χ4n) is 5.95. The second kappa shape index (κ2) is 11.1.